The van der Waals surface area contributed by atoms with Crippen LogP contribution in [0.4, 0.5) is 0 Å². The van der Waals surface area contributed by atoms with Crippen molar-refractivity contribution in [1.29, 1.82) is 0 Å². The maximum absolute atomic E-state index is 12.9. The number of carbonyl (C=O) groups excluding carboxylic acids is 2. The highest BCUT2D eigenvalue weighted by atomic mass is 16.2. The molecule has 5 heteroatoms. The van der Waals surface area contributed by atoms with Gasteiger partial charge in [0.05, 0.1) is 0 Å². The van der Waals surface area contributed by atoms with Crippen molar-refractivity contribution >= 4 is 11.8 Å². The Morgan fingerprint density at radius 1 is 1.04 bits per heavy atom. The molecule has 0 aliphatic carbocycles. The zero-order valence-electron chi connectivity index (χ0n) is 16.7. The maximum atomic E-state index is 12.9. The number of aryl methyl sites for hydroxylation is 1. The number of nitrogens with two attached hydrogens (primary N) is 1. The minimum absolute atomic E-state index is 0.0258. The van der Waals surface area contributed by atoms with Gasteiger partial charge in [-0.3, -0.25) is 9.59 Å². The zero-order chi connectivity index (χ0) is 19.4. The highest BCUT2D eigenvalue weighted by molar-refractivity contribution is 5.80. The smallest absolute Gasteiger partial charge is 0.225 e. The summed E-state index contributed by atoms with van der Waals surface area (Å²) >= 11 is 0. The predicted octanol–water partition coefficient (Wildman–Crippen LogP) is 2.44. The molecule has 2 fully saturated rings. The number of piperidine rings is 2. The fraction of sp³-hybridized carbons (Fsp3) is 0.636. The van der Waals surface area contributed by atoms with E-state index in [-0.39, 0.29) is 29.2 Å². The second-order valence-electron chi connectivity index (χ2n) is 8.78. The number of carbonyl (C=O) groups is 2. The van der Waals surface area contributed by atoms with E-state index in [1.807, 2.05) is 28.0 Å². The minimum atomic E-state index is -0.0258. The monoisotopic (exact) mass is 371 g/mol. The van der Waals surface area contributed by atoms with Crippen molar-refractivity contribution in [2.75, 3.05) is 26.2 Å². The zero-order valence-corrected chi connectivity index (χ0v) is 16.7. The number of amides is 2. The van der Waals surface area contributed by atoms with E-state index >= 15 is 0 Å². The summed E-state index contributed by atoms with van der Waals surface area (Å²) in [6.07, 6.45) is 3.75. The molecule has 2 saturated heterocycles. The van der Waals surface area contributed by atoms with E-state index in [2.05, 4.69) is 26.0 Å². The van der Waals surface area contributed by atoms with Gasteiger partial charge >= 0.3 is 0 Å². The van der Waals surface area contributed by atoms with Crippen LogP contribution in [0.25, 0.3) is 0 Å². The highest BCUT2D eigenvalue weighted by Gasteiger charge is 2.38. The van der Waals surface area contributed by atoms with E-state index < -0.39 is 0 Å². The first-order valence-corrected chi connectivity index (χ1v) is 10.2. The van der Waals surface area contributed by atoms with Crippen molar-refractivity contribution in [3.8, 4) is 0 Å². The van der Waals surface area contributed by atoms with Crippen LogP contribution in [0.2, 0.25) is 0 Å². The summed E-state index contributed by atoms with van der Waals surface area (Å²) in [6.45, 7) is 7.18. The summed E-state index contributed by atoms with van der Waals surface area (Å²) in [5, 5.41) is 0. The van der Waals surface area contributed by atoms with Gasteiger partial charge in [0.25, 0.3) is 0 Å². The van der Waals surface area contributed by atoms with Crippen LogP contribution in [-0.4, -0.2) is 53.8 Å². The van der Waals surface area contributed by atoms with Gasteiger partial charge in [0.2, 0.25) is 11.8 Å². The molecule has 2 N–H and O–H groups in total. The second-order valence-corrected chi connectivity index (χ2v) is 8.78. The topological polar surface area (TPSA) is 66.6 Å². The van der Waals surface area contributed by atoms with Crippen molar-refractivity contribution < 1.29 is 9.59 Å². The fourth-order valence-corrected chi connectivity index (χ4v) is 4.25. The van der Waals surface area contributed by atoms with Crippen molar-refractivity contribution in [2.24, 2.45) is 17.1 Å². The lowest BCUT2D eigenvalue weighted by Crippen LogP contribution is -2.55. The standard InChI is InChI=1S/C22H33N3O2/c1-22(2)16-25(15-12-19(22)23)21(27)18-10-13-24(14-11-18)20(26)9-8-17-6-4-3-5-7-17/h3-7,18-19H,8-16,23H2,1-2H3. The molecule has 2 aliphatic heterocycles. The Kier molecular flexibility index (Phi) is 6.20. The average molecular weight is 372 g/mol. The molecule has 27 heavy (non-hydrogen) atoms. The van der Waals surface area contributed by atoms with Crippen LogP contribution in [0, 0.1) is 11.3 Å². The molecule has 0 saturated carbocycles. The Balaban J connectivity index is 1.45. The predicted molar refractivity (Wildman–Crippen MR) is 107 cm³/mol. The van der Waals surface area contributed by atoms with E-state index in [1.165, 1.54) is 5.56 Å². The summed E-state index contributed by atoms with van der Waals surface area (Å²) in [5.41, 5.74) is 7.36. The number of rotatable bonds is 4. The van der Waals surface area contributed by atoms with E-state index in [0.717, 1.165) is 38.8 Å². The number of nitrogens with zero attached hydrogens (tertiary/aromatic N) is 2. The largest absolute Gasteiger partial charge is 0.343 e. The summed E-state index contributed by atoms with van der Waals surface area (Å²) < 4.78 is 0. The van der Waals surface area contributed by atoms with Crippen LogP contribution in [0.3, 0.4) is 0 Å². The van der Waals surface area contributed by atoms with Crippen molar-refractivity contribution in [3.05, 3.63) is 35.9 Å². The molecule has 0 radical (unpaired) electrons. The van der Waals surface area contributed by atoms with Crippen LogP contribution in [0.1, 0.15) is 45.1 Å². The van der Waals surface area contributed by atoms with Crippen LogP contribution < -0.4 is 5.73 Å². The van der Waals surface area contributed by atoms with Gasteiger partial charge in [0, 0.05) is 44.6 Å². The number of benzene rings is 1. The molecular formula is C22H33N3O2. The van der Waals surface area contributed by atoms with Gasteiger partial charge in [-0.2, -0.15) is 0 Å². The second kappa shape index (κ2) is 8.42. The minimum Gasteiger partial charge on any atom is -0.343 e. The Hall–Kier alpha value is -1.88. The molecule has 2 heterocycles. The van der Waals surface area contributed by atoms with Crippen LogP contribution in [0.5, 0.6) is 0 Å². The Bertz CT molecular complexity index is 651. The van der Waals surface area contributed by atoms with Gasteiger partial charge in [-0.25, -0.2) is 0 Å². The first-order valence-electron chi connectivity index (χ1n) is 10.2. The highest BCUT2D eigenvalue weighted by Crippen LogP contribution is 2.30. The first-order chi connectivity index (χ1) is 12.9. The lowest BCUT2D eigenvalue weighted by atomic mass is 9.79. The summed E-state index contributed by atoms with van der Waals surface area (Å²) in [6, 6.07) is 10.3. The molecule has 2 amide bonds. The molecule has 5 nitrogen and oxygen atoms in total. The Morgan fingerprint density at radius 3 is 2.30 bits per heavy atom. The normalized spacial score (nSPS) is 23.3. The van der Waals surface area contributed by atoms with E-state index in [9.17, 15) is 9.59 Å². The average Bonchev–Trinajstić information content (AvgIpc) is 2.68. The van der Waals surface area contributed by atoms with Gasteiger partial charge in [0.15, 0.2) is 0 Å². The molecule has 148 valence electrons. The quantitative estimate of drug-likeness (QED) is 0.884. The van der Waals surface area contributed by atoms with E-state index in [1.54, 1.807) is 0 Å². The van der Waals surface area contributed by atoms with Gasteiger partial charge in [-0.1, -0.05) is 44.2 Å². The van der Waals surface area contributed by atoms with E-state index in [4.69, 9.17) is 5.73 Å². The third kappa shape index (κ3) is 4.89. The lowest BCUT2D eigenvalue weighted by Gasteiger charge is -2.44. The molecule has 1 atom stereocenters. The van der Waals surface area contributed by atoms with E-state index in [0.29, 0.717) is 19.5 Å². The maximum Gasteiger partial charge on any atom is 0.225 e. The first kappa shape index (κ1) is 19.9. The third-order valence-electron chi connectivity index (χ3n) is 6.29. The number of likely N-dealkylation sites (tertiary alicyclic amines) is 2. The molecule has 1 unspecified atom stereocenters. The van der Waals surface area contributed by atoms with Gasteiger partial charge in [-0.15, -0.1) is 0 Å². The summed E-state index contributed by atoms with van der Waals surface area (Å²) in [5.74, 6) is 0.509. The molecule has 0 aromatic heterocycles. The number of hydrogen-bond donors (Lipinski definition) is 1. The molecule has 3 rings (SSSR count). The third-order valence-corrected chi connectivity index (χ3v) is 6.29. The molecule has 0 bridgehead atoms. The van der Waals surface area contributed by atoms with Crippen LogP contribution >= 0.6 is 0 Å². The van der Waals surface area contributed by atoms with Crippen LogP contribution in [0.15, 0.2) is 30.3 Å². The summed E-state index contributed by atoms with van der Waals surface area (Å²) in [7, 11) is 0. The molecule has 1 aromatic carbocycles. The van der Waals surface area contributed by atoms with Gasteiger partial charge < -0.3 is 15.5 Å². The van der Waals surface area contributed by atoms with Crippen molar-refractivity contribution in [1.82, 2.24) is 9.80 Å². The van der Waals surface area contributed by atoms with Crippen molar-refractivity contribution in [2.45, 2.75) is 52.0 Å². The SMILES string of the molecule is CC1(C)CN(C(=O)C2CCN(C(=O)CCc3ccccc3)CC2)CCC1N. The molecule has 2 aliphatic rings. The Labute approximate surface area is 162 Å². The van der Waals surface area contributed by atoms with Crippen LogP contribution in [-0.2, 0) is 16.0 Å². The Morgan fingerprint density at radius 2 is 1.67 bits per heavy atom. The fourth-order valence-electron chi connectivity index (χ4n) is 4.25. The van der Waals surface area contributed by atoms with Crippen molar-refractivity contribution in [3.63, 3.8) is 0 Å². The van der Waals surface area contributed by atoms with Gasteiger partial charge in [0.1, 0.15) is 0 Å². The summed E-state index contributed by atoms with van der Waals surface area (Å²) in [4.78, 5) is 29.3. The molecule has 0 spiro atoms. The number of hydrogen-bond acceptors (Lipinski definition) is 3. The molecular weight excluding hydrogens is 338 g/mol. The van der Waals surface area contributed by atoms with Gasteiger partial charge in [-0.05, 0) is 36.7 Å². The molecule has 1 aromatic rings. The lowest BCUT2D eigenvalue weighted by molar-refractivity contribution is -0.143.